The molecule has 0 saturated carbocycles. The van der Waals surface area contributed by atoms with Crippen molar-refractivity contribution in [3.8, 4) is 0 Å². The van der Waals surface area contributed by atoms with Crippen LogP contribution in [0.3, 0.4) is 0 Å². The first kappa shape index (κ1) is 25.4. The number of aromatic nitrogens is 2. The van der Waals surface area contributed by atoms with Crippen molar-refractivity contribution in [1.29, 1.82) is 0 Å². The minimum Gasteiger partial charge on any atom is -0.355 e. The van der Waals surface area contributed by atoms with Crippen molar-refractivity contribution >= 4 is 33.4 Å². The number of amides is 2. The van der Waals surface area contributed by atoms with E-state index in [4.69, 9.17) is 0 Å². The smallest absolute Gasteiger partial charge is 0.262 e. The van der Waals surface area contributed by atoms with Crippen molar-refractivity contribution in [2.75, 3.05) is 32.7 Å². The van der Waals surface area contributed by atoms with Crippen molar-refractivity contribution in [2.45, 2.75) is 71.8 Å². The van der Waals surface area contributed by atoms with Crippen molar-refractivity contribution in [1.82, 2.24) is 25.1 Å². The molecule has 2 aromatic rings. The molecule has 0 bridgehead atoms. The Labute approximate surface area is 199 Å². The Hall–Kier alpha value is -2.26. The van der Waals surface area contributed by atoms with Crippen LogP contribution in [0.4, 0.5) is 0 Å². The summed E-state index contributed by atoms with van der Waals surface area (Å²) in [6.07, 6.45) is 8.81. The number of fused-ring (bicyclic) bond motifs is 3. The SMILES string of the molecule is CCCN(CCC)CCNC(=O)CCCNC(=O)Cn1cnc2sc3c(c2c1=O)CCCC3. The molecule has 2 heterocycles. The Morgan fingerprint density at radius 1 is 1.06 bits per heavy atom. The van der Waals surface area contributed by atoms with Crippen molar-refractivity contribution < 1.29 is 9.59 Å². The number of hydrogen-bond acceptors (Lipinski definition) is 6. The maximum absolute atomic E-state index is 12.9. The zero-order valence-corrected chi connectivity index (χ0v) is 20.8. The number of carbonyl (C=O) groups is 2. The number of thiophene rings is 1. The molecule has 0 saturated heterocycles. The average Bonchev–Trinajstić information content (AvgIpc) is 3.18. The average molecular weight is 476 g/mol. The van der Waals surface area contributed by atoms with E-state index in [9.17, 15) is 14.4 Å². The molecule has 1 aliphatic rings. The third-order valence-corrected chi connectivity index (χ3v) is 7.19. The summed E-state index contributed by atoms with van der Waals surface area (Å²) in [7, 11) is 0. The normalized spacial score (nSPS) is 13.3. The monoisotopic (exact) mass is 475 g/mol. The van der Waals surface area contributed by atoms with Gasteiger partial charge in [-0.05, 0) is 63.6 Å². The molecule has 2 aromatic heterocycles. The lowest BCUT2D eigenvalue weighted by Crippen LogP contribution is -2.36. The van der Waals surface area contributed by atoms with E-state index >= 15 is 0 Å². The summed E-state index contributed by atoms with van der Waals surface area (Å²) in [5.41, 5.74) is 1.00. The van der Waals surface area contributed by atoms with Gasteiger partial charge in [-0.25, -0.2) is 4.98 Å². The highest BCUT2D eigenvalue weighted by Crippen LogP contribution is 2.33. The first-order valence-corrected chi connectivity index (χ1v) is 13.1. The number of rotatable bonds is 13. The lowest BCUT2D eigenvalue weighted by molar-refractivity contribution is -0.123. The molecule has 0 unspecified atom stereocenters. The minimum atomic E-state index is -0.238. The number of carbonyl (C=O) groups excluding carboxylic acids is 2. The van der Waals surface area contributed by atoms with E-state index in [0.29, 0.717) is 31.3 Å². The van der Waals surface area contributed by atoms with Gasteiger partial charge in [0.1, 0.15) is 11.4 Å². The van der Waals surface area contributed by atoms with Gasteiger partial charge < -0.3 is 15.5 Å². The van der Waals surface area contributed by atoms with E-state index in [0.717, 1.165) is 68.6 Å². The fourth-order valence-corrected chi connectivity index (χ4v) is 5.61. The Bertz CT molecular complexity index is 994. The van der Waals surface area contributed by atoms with Gasteiger partial charge in [-0.1, -0.05) is 13.8 Å². The van der Waals surface area contributed by atoms with Crippen LogP contribution in [0.5, 0.6) is 0 Å². The van der Waals surface area contributed by atoms with Crippen LogP contribution in [-0.2, 0) is 29.0 Å². The van der Waals surface area contributed by atoms with Gasteiger partial charge in [-0.15, -0.1) is 11.3 Å². The van der Waals surface area contributed by atoms with Gasteiger partial charge in [0.25, 0.3) is 5.56 Å². The number of nitrogens with zero attached hydrogens (tertiary/aromatic N) is 3. The van der Waals surface area contributed by atoms with Crippen LogP contribution >= 0.6 is 11.3 Å². The predicted molar refractivity (Wildman–Crippen MR) is 133 cm³/mol. The van der Waals surface area contributed by atoms with Gasteiger partial charge in [0.05, 0.1) is 11.7 Å². The van der Waals surface area contributed by atoms with E-state index in [1.807, 2.05) is 0 Å². The summed E-state index contributed by atoms with van der Waals surface area (Å²) in [5.74, 6) is -0.233. The van der Waals surface area contributed by atoms with E-state index < -0.39 is 0 Å². The van der Waals surface area contributed by atoms with E-state index in [-0.39, 0.29) is 23.9 Å². The van der Waals surface area contributed by atoms with Gasteiger partial charge in [-0.3, -0.25) is 19.0 Å². The molecule has 3 rings (SSSR count). The topological polar surface area (TPSA) is 96.3 Å². The number of nitrogens with one attached hydrogen (secondary N) is 2. The zero-order valence-electron chi connectivity index (χ0n) is 20.0. The van der Waals surface area contributed by atoms with Crippen molar-refractivity contribution in [2.24, 2.45) is 0 Å². The third-order valence-electron chi connectivity index (χ3n) is 5.99. The highest BCUT2D eigenvalue weighted by Gasteiger charge is 2.20. The summed E-state index contributed by atoms with van der Waals surface area (Å²) in [6.45, 7) is 8.30. The van der Waals surface area contributed by atoms with Gasteiger partial charge >= 0.3 is 0 Å². The second-order valence-corrected chi connectivity index (χ2v) is 9.80. The molecule has 0 radical (unpaired) electrons. The molecule has 1 aliphatic carbocycles. The van der Waals surface area contributed by atoms with Crippen LogP contribution in [0.15, 0.2) is 11.1 Å². The van der Waals surface area contributed by atoms with Gasteiger partial charge in [0, 0.05) is 30.9 Å². The molecule has 0 fully saturated rings. The molecule has 8 nitrogen and oxygen atoms in total. The molecule has 0 aliphatic heterocycles. The van der Waals surface area contributed by atoms with Crippen LogP contribution in [0.2, 0.25) is 0 Å². The number of aryl methyl sites for hydroxylation is 2. The standard InChI is InChI=1S/C24H37N5O3S/c1-3-13-28(14-4-2)15-12-26-20(30)10-7-11-25-21(31)16-29-17-27-23-22(24(29)32)18-8-5-6-9-19(18)33-23/h17H,3-16H2,1-2H3,(H,25,31)(H,26,30). The first-order chi connectivity index (χ1) is 16.0. The summed E-state index contributed by atoms with van der Waals surface area (Å²) >= 11 is 1.61. The zero-order chi connectivity index (χ0) is 23.6. The number of hydrogen-bond donors (Lipinski definition) is 2. The summed E-state index contributed by atoms with van der Waals surface area (Å²) < 4.78 is 1.39. The van der Waals surface area contributed by atoms with E-state index in [2.05, 4.69) is 34.4 Å². The first-order valence-electron chi connectivity index (χ1n) is 12.3. The Balaban J connectivity index is 1.39. The fourth-order valence-electron chi connectivity index (χ4n) is 4.39. The maximum Gasteiger partial charge on any atom is 0.262 e. The summed E-state index contributed by atoms with van der Waals surface area (Å²) in [6, 6.07) is 0. The molecular weight excluding hydrogens is 438 g/mol. The highest BCUT2D eigenvalue weighted by atomic mass is 32.1. The van der Waals surface area contributed by atoms with Crippen LogP contribution in [0.25, 0.3) is 10.2 Å². The minimum absolute atomic E-state index is 0.00491. The van der Waals surface area contributed by atoms with E-state index in [1.54, 1.807) is 11.3 Å². The highest BCUT2D eigenvalue weighted by molar-refractivity contribution is 7.18. The van der Waals surface area contributed by atoms with Crippen LogP contribution in [0.1, 0.15) is 62.8 Å². The van der Waals surface area contributed by atoms with Gasteiger partial charge in [0.2, 0.25) is 11.8 Å². The Morgan fingerprint density at radius 2 is 1.79 bits per heavy atom. The second kappa shape index (κ2) is 12.8. The van der Waals surface area contributed by atoms with Crippen molar-refractivity contribution in [3.63, 3.8) is 0 Å². The van der Waals surface area contributed by atoms with Crippen LogP contribution in [0, 0.1) is 0 Å². The largest absolute Gasteiger partial charge is 0.355 e. The maximum atomic E-state index is 12.9. The third kappa shape index (κ3) is 7.11. The summed E-state index contributed by atoms with van der Waals surface area (Å²) in [4.78, 5) is 46.2. The fraction of sp³-hybridized carbons (Fsp3) is 0.667. The molecular formula is C24H37N5O3S. The summed E-state index contributed by atoms with van der Waals surface area (Å²) in [5, 5.41) is 6.47. The van der Waals surface area contributed by atoms with E-state index in [1.165, 1.54) is 15.8 Å². The van der Waals surface area contributed by atoms with Crippen LogP contribution in [-0.4, -0.2) is 59.0 Å². The van der Waals surface area contributed by atoms with Crippen LogP contribution < -0.4 is 16.2 Å². The van der Waals surface area contributed by atoms with Gasteiger partial charge in [0.15, 0.2) is 0 Å². The second-order valence-electron chi connectivity index (χ2n) is 8.71. The molecule has 2 amide bonds. The lowest BCUT2D eigenvalue weighted by Gasteiger charge is -2.20. The predicted octanol–water partition coefficient (Wildman–Crippen LogP) is 2.47. The Morgan fingerprint density at radius 3 is 2.55 bits per heavy atom. The molecule has 0 atom stereocenters. The molecule has 0 spiro atoms. The molecule has 33 heavy (non-hydrogen) atoms. The molecule has 0 aromatic carbocycles. The molecule has 9 heteroatoms. The Kier molecular flexibility index (Phi) is 9.87. The van der Waals surface area contributed by atoms with Gasteiger partial charge in [-0.2, -0.15) is 0 Å². The van der Waals surface area contributed by atoms with Crippen molar-refractivity contribution in [3.05, 3.63) is 27.1 Å². The molecule has 2 N–H and O–H groups in total. The lowest BCUT2D eigenvalue weighted by atomic mass is 9.97. The molecule has 182 valence electrons. The quantitative estimate of drug-likeness (QED) is 0.434.